The summed E-state index contributed by atoms with van der Waals surface area (Å²) in [5, 5.41) is 11.2. The summed E-state index contributed by atoms with van der Waals surface area (Å²) in [5.41, 5.74) is -0.550. The van der Waals surface area contributed by atoms with E-state index in [0.717, 1.165) is 0 Å². The van der Waals surface area contributed by atoms with E-state index in [1.807, 2.05) is 12.2 Å². The Kier molecular flexibility index (Phi) is 3.27. The van der Waals surface area contributed by atoms with E-state index in [-0.39, 0.29) is 16.3 Å². The van der Waals surface area contributed by atoms with E-state index >= 15 is 0 Å². The van der Waals surface area contributed by atoms with Crippen molar-refractivity contribution in [3.8, 4) is 0 Å². The molecule has 0 heterocycles. The molecular formula is C13H21NO2. The molecule has 90 valence electrons. The monoisotopic (exact) mass is 223 g/mol. The molecular weight excluding hydrogens is 202 g/mol. The third-order valence-corrected chi connectivity index (χ3v) is 3.75. The fourth-order valence-electron chi connectivity index (χ4n) is 2.98. The molecule has 2 atom stereocenters. The molecule has 0 amide bonds. The quantitative estimate of drug-likeness (QED) is 0.531. The molecule has 1 rings (SSSR count). The predicted molar refractivity (Wildman–Crippen MR) is 65.8 cm³/mol. The van der Waals surface area contributed by atoms with Gasteiger partial charge in [0.2, 0.25) is 6.04 Å². The van der Waals surface area contributed by atoms with Crippen LogP contribution in [0.5, 0.6) is 0 Å². The number of allylic oxidation sites excluding steroid dienone is 2. The molecule has 0 fully saturated rings. The molecule has 0 N–H and O–H groups in total. The minimum absolute atomic E-state index is 0.139. The van der Waals surface area contributed by atoms with Gasteiger partial charge in [0.25, 0.3) is 0 Å². The summed E-state index contributed by atoms with van der Waals surface area (Å²) < 4.78 is 0. The zero-order valence-corrected chi connectivity index (χ0v) is 10.7. The number of nitro groups is 1. The number of hydrogen-bond acceptors (Lipinski definition) is 2. The Morgan fingerprint density at radius 3 is 2.19 bits per heavy atom. The van der Waals surface area contributed by atoms with Crippen molar-refractivity contribution in [3.05, 3.63) is 34.4 Å². The zero-order valence-electron chi connectivity index (χ0n) is 10.7. The predicted octanol–water partition coefficient (Wildman–Crippen LogP) is 3.45. The second kappa shape index (κ2) is 4.04. The van der Waals surface area contributed by atoms with Gasteiger partial charge in [0.05, 0.1) is 5.41 Å². The smallest absolute Gasteiger partial charge is 0.241 e. The highest BCUT2D eigenvalue weighted by Crippen LogP contribution is 2.51. The van der Waals surface area contributed by atoms with Gasteiger partial charge in [0.1, 0.15) is 0 Å². The Labute approximate surface area is 97.4 Å². The van der Waals surface area contributed by atoms with Crippen LogP contribution in [0, 0.1) is 26.9 Å². The van der Waals surface area contributed by atoms with E-state index in [1.165, 1.54) is 0 Å². The van der Waals surface area contributed by atoms with Gasteiger partial charge in [-0.1, -0.05) is 52.8 Å². The first-order valence-electron chi connectivity index (χ1n) is 5.73. The van der Waals surface area contributed by atoms with Gasteiger partial charge in [0, 0.05) is 4.92 Å². The maximum absolute atomic E-state index is 11.2. The Hall–Kier alpha value is -1.12. The molecule has 1 aliphatic rings. The van der Waals surface area contributed by atoms with Gasteiger partial charge in [-0.3, -0.25) is 10.1 Å². The highest BCUT2D eigenvalue weighted by Gasteiger charge is 2.54. The summed E-state index contributed by atoms with van der Waals surface area (Å²) >= 11 is 0. The van der Waals surface area contributed by atoms with Gasteiger partial charge in [-0.15, -0.1) is 0 Å². The van der Waals surface area contributed by atoms with Crippen molar-refractivity contribution < 1.29 is 4.92 Å². The summed E-state index contributed by atoms with van der Waals surface area (Å²) in [6.07, 6.45) is 7.45. The van der Waals surface area contributed by atoms with Crippen LogP contribution in [-0.2, 0) is 0 Å². The van der Waals surface area contributed by atoms with Gasteiger partial charge in [-0.05, 0) is 17.4 Å². The molecule has 0 saturated carbocycles. The molecule has 0 aromatic carbocycles. The van der Waals surface area contributed by atoms with Gasteiger partial charge in [-0.25, -0.2) is 0 Å². The van der Waals surface area contributed by atoms with Crippen LogP contribution in [0.1, 0.15) is 34.6 Å². The van der Waals surface area contributed by atoms with E-state index < -0.39 is 11.5 Å². The molecule has 0 aromatic rings. The lowest BCUT2D eigenvalue weighted by Gasteiger charge is -2.47. The highest BCUT2D eigenvalue weighted by molar-refractivity contribution is 5.24. The average molecular weight is 223 g/mol. The standard InChI is InChI=1S/C13H21NO2/c1-10(2)13(12(3,4)5)9-7-6-8-11(13)14(15)16/h6-11H,1-5H3. The second-order valence-corrected chi connectivity index (χ2v) is 5.81. The van der Waals surface area contributed by atoms with E-state index in [2.05, 4.69) is 34.6 Å². The van der Waals surface area contributed by atoms with Crippen LogP contribution in [0.25, 0.3) is 0 Å². The third-order valence-electron chi connectivity index (χ3n) is 3.75. The summed E-state index contributed by atoms with van der Waals surface area (Å²) in [5.74, 6) is 0.226. The van der Waals surface area contributed by atoms with Crippen LogP contribution in [0.15, 0.2) is 24.3 Å². The summed E-state index contributed by atoms with van der Waals surface area (Å²) in [6.45, 7) is 10.4. The van der Waals surface area contributed by atoms with E-state index in [4.69, 9.17) is 0 Å². The minimum atomic E-state index is -0.627. The average Bonchev–Trinajstić information content (AvgIpc) is 2.15. The van der Waals surface area contributed by atoms with Crippen LogP contribution >= 0.6 is 0 Å². The lowest BCUT2D eigenvalue weighted by Crippen LogP contribution is -2.51. The number of hydrogen-bond donors (Lipinski definition) is 0. The fraction of sp³-hybridized carbons (Fsp3) is 0.692. The van der Waals surface area contributed by atoms with Crippen LogP contribution in [0.2, 0.25) is 0 Å². The molecule has 3 heteroatoms. The third kappa shape index (κ3) is 1.79. The van der Waals surface area contributed by atoms with Crippen molar-refractivity contribution in [3.63, 3.8) is 0 Å². The molecule has 0 saturated heterocycles. The highest BCUT2D eigenvalue weighted by atomic mass is 16.6. The van der Waals surface area contributed by atoms with Crippen molar-refractivity contribution >= 4 is 0 Å². The molecule has 2 unspecified atom stereocenters. The second-order valence-electron chi connectivity index (χ2n) is 5.81. The van der Waals surface area contributed by atoms with Crippen molar-refractivity contribution in [2.45, 2.75) is 40.7 Å². The largest absolute Gasteiger partial charge is 0.264 e. The molecule has 0 aromatic heterocycles. The van der Waals surface area contributed by atoms with Crippen LogP contribution < -0.4 is 0 Å². The first kappa shape index (κ1) is 12.9. The van der Waals surface area contributed by atoms with Crippen LogP contribution in [0.3, 0.4) is 0 Å². The SMILES string of the molecule is CC(C)C1(C(C)(C)C)C=CC=CC1[N+](=O)[O-]. The topological polar surface area (TPSA) is 43.1 Å². The van der Waals surface area contributed by atoms with E-state index in [9.17, 15) is 10.1 Å². The molecule has 0 spiro atoms. The number of rotatable bonds is 2. The Bertz CT molecular complexity index is 336. The summed E-state index contributed by atoms with van der Waals surface area (Å²) in [4.78, 5) is 11.1. The van der Waals surface area contributed by atoms with E-state index in [1.54, 1.807) is 12.2 Å². The van der Waals surface area contributed by atoms with Gasteiger partial charge < -0.3 is 0 Å². The normalized spacial score (nSPS) is 29.8. The molecule has 16 heavy (non-hydrogen) atoms. The maximum atomic E-state index is 11.2. The maximum Gasteiger partial charge on any atom is 0.241 e. The van der Waals surface area contributed by atoms with Gasteiger partial charge in [0.15, 0.2) is 0 Å². The summed E-state index contributed by atoms with van der Waals surface area (Å²) in [6, 6.07) is -0.627. The molecule has 3 nitrogen and oxygen atoms in total. The van der Waals surface area contributed by atoms with Crippen molar-refractivity contribution in [2.75, 3.05) is 0 Å². The first-order chi connectivity index (χ1) is 7.23. The summed E-state index contributed by atoms with van der Waals surface area (Å²) in [7, 11) is 0. The Balaban J connectivity index is 3.33. The lowest BCUT2D eigenvalue weighted by molar-refractivity contribution is -0.533. The Morgan fingerprint density at radius 1 is 1.31 bits per heavy atom. The molecule has 0 aliphatic heterocycles. The Morgan fingerprint density at radius 2 is 1.88 bits per heavy atom. The molecule has 0 radical (unpaired) electrons. The zero-order chi connectivity index (χ0) is 12.6. The van der Waals surface area contributed by atoms with Gasteiger partial charge >= 0.3 is 0 Å². The number of nitrogens with zero attached hydrogens (tertiary/aromatic N) is 1. The first-order valence-corrected chi connectivity index (χ1v) is 5.73. The van der Waals surface area contributed by atoms with E-state index in [0.29, 0.717) is 0 Å². The van der Waals surface area contributed by atoms with Crippen LogP contribution in [0.4, 0.5) is 0 Å². The fourth-order valence-corrected chi connectivity index (χ4v) is 2.98. The lowest BCUT2D eigenvalue weighted by atomic mass is 9.55. The van der Waals surface area contributed by atoms with Crippen LogP contribution in [-0.4, -0.2) is 11.0 Å². The minimum Gasteiger partial charge on any atom is -0.264 e. The van der Waals surface area contributed by atoms with Crippen molar-refractivity contribution in [1.29, 1.82) is 0 Å². The molecule has 1 aliphatic carbocycles. The van der Waals surface area contributed by atoms with Gasteiger partial charge in [-0.2, -0.15) is 0 Å². The molecule has 0 bridgehead atoms. The van der Waals surface area contributed by atoms with Crippen molar-refractivity contribution in [2.24, 2.45) is 16.7 Å². The van der Waals surface area contributed by atoms with Crippen molar-refractivity contribution in [1.82, 2.24) is 0 Å².